The van der Waals surface area contributed by atoms with E-state index in [1.165, 1.54) is 16.7 Å². The first-order chi connectivity index (χ1) is 10.0. The van der Waals surface area contributed by atoms with Crippen LogP contribution < -0.4 is 5.32 Å². The van der Waals surface area contributed by atoms with E-state index in [-0.39, 0.29) is 6.04 Å². The van der Waals surface area contributed by atoms with E-state index in [1.54, 1.807) is 12.1 Å². The molecule has 2 rings (SSSR count). The topological polar surface area (TPSA) is 29.1 Å². The van der Waals surface area contributed by atoms with Crippen LogP contribution in [0.5, 0.6) is 0 Å². The summed E-state index contributed by atoms with van der Waals surface area (Å²) >= 11 is 5.97. The summed E-state index contributed by atoms with van der Waals surface area (Å²) in [5.74, 6) is 0.529. The molecule has 2 atom stereocenters. The SMILES string of the molecule is CNC(CS(=O)c1cccc(Cl)c1)c1ccc(C)cc1C. The molecule has 2 aromatic rings. The third kappa shape index (κ3) is 4.16. The molecule has 0 saturated heterocycles. The fourth-order valence-corrected chi connectivity index (χ4v) is 3.99. The average molecular weight is 322 g/mol. The van der Waals surface area contributed by atoms with E-state index in [4.69, 9.17) is 11.6 Å². The van der Waals surface area contributed by atoms with Crippen molar-refractivity contribution in [3.8, 4) is 0 Å². The predicted octanol–water partition coefficient (Wildman–Crippen LogP) is 4.03. The molecule has 0 spiro atoms. The number of hydrogen-bond donors (Lipinski definition) is 1. The Morgan fingerprint density at radius 2 is 1.95 bits per heavy atom. The maximum Gasteiger partial charge on any atom is 0.0549 e. The first-order valence-corrected chi connectivity index (χ1v) is 8.59. The van der Waals surface area contributed by atoms with Crippen LogP contribution in [0.3, 0.4) is 0 Å². The predicted molar refractivity (Wildman–Crippen MR) is 90.4 cm³/mol. The molecule has 0 saturated carbocycles. The van der Waals surface area contributed by atoms with Gasteiger partial charge in [0.05, 0.1) is 10.8 Å². The Balaban J connectivity index is 2.21. The second-order valence-electron chi connectivity index (χ2n) is 5.17. The highest BCUT2D eigenvalue weighted by molar-refractivity contribution is 7.85. The van der Waals surface area contributed by atoms with Crippen LogP contribution in [0.15, 0.2) is 47.4 Å². The number of hydrogen-bond acceptors (Lipinski definition) is 2. The van der Waals surface area contributed by atoms with E-state index >= 15 is 0 Å². The molecule has 0 amide bonds. The van der Waals surface area contributed by atoms with Gasteiger partial charge in [0.2, 0.25) is 0 Å². The average Bonchev–Trinajstić information content (AvgIpc) is 2.45. The van der Waals surface area contributed by atoms with Gasteiger partial charge in [-0.2, -0.15) is 0 Å². The van der Waals surface area contributed by atoms with Crippen LogP contribution in [0.2, 0.25) is 5.02 Å². The van der Waals surface area contributed by atoms with Gasteiger partial charge in [-0.25, -0.2) is 0 Å². The minimum Gasteiger partial charge on any atom is -0.312 e. The molecule has 2 unspecified atom stereocenters. The van der Waals surface area contributed by atoms with E-state index in [2.05, 4.69) is 37.4 Å². The molecular formula is C17H20ClNOS. The van der Waals surface area contributed by atoms with Gasteiger partial charge in [0, 0.05) is 21.7 Å². The summed E-state index contributed by atoms with van der Waals surface area (Å²) in [7, 11) is 0.817. The molecule has 0 aromatic heterocycles. The van der Waals surface area contributed by atoms with Gasteiger partial charge in [-0.05, 0) is 50.2 Å². The van der Waals surface area contributed by atoms with Crippen molar-refractivity contribution in [3.63, 3.8) is 0 Å². The molecule has 4 heteroatoms. The lowest BCUT2D eigenvalue weighted by Crippen LogP contribution is -2.23. The molecule has 0 aliphatic heterocycles. The van der Waals surface area contributed by atoms with Crippen LogP contribution in [-0.2, 0) is 10.8 Å². The lowest BCUT2D eigenvalue weighted by molar-refractivity contribution is 0.633. The minimum absolute atomic E-state index is 0.0606. The van der Waals surface area contributed by atoms with Gasteiger partial charge >= 0.3 is 0 Å². The Morgan fingerprint density at radius 3 is 2.57 bits per heavy atom. The minimum atomic E-state index is -1.08. The zero-order valence-electron chi connectivity index (χ0n) is 12.5. The van der Waals surface area contributed by atoms with Crippen LogP contribution in [0.25, 0.3) is 0 Å². The summed E-state index contributed by atoms with van der Waals surface area (Å²) < 4.78 is 12.5. The maximum absolute atomic E-state index is 12.5. The van der Waals surface area contributed by atoms with Crippen LogP contribution in [0.1, 0.15) is 22.7 Å². The van der Waals surface area contributed by atoms with Gasteiger partial charge in [0.25, 0.3) is 0 Å². The van der Waals surface area contributed by atoms with Crippen molar-refractivity contribution in [2.75, 3.05) is 12.8 Å². The maximum atomic E-state index is 12.5. The number of benzene rings is 2. The molecular weight excluding hydrogens is 302 g/mol. The highest BCUT2D eigenvalue weighted by Gasteiger charge is 2.16. The van der Waals surface area contributed by atoms with Crippen molar-refractivity contribution in [3.05, 3.63) is 64.2 Å². The Kier molecular flexibility index (Phi) is 5.57. The molecule has 1 N–H and O–H groups in total. The van der Waals surface area contributed by atoms with Crippen LogP contribution in [0.4, 0.5) is 0 Å². The molecule has 2 nitrogen and oxygen atoms in total. The molecule has 0 radical (unpaired) electrons. The molecule has 21 heavy (non-hydrogen) atoms. The third-order valence-electron chi connectivity index (χ3n) is 3.53. The van der Waals surface area contributed by atoms with Gasteiger partial charge in [0.15, 0.2) is 0 Å². The molecule has 112 valence electrons. The van der Waals surface area contributed by atoms with E-state index in [0.29, 0.717) is 10.8 Å². The second-order valence-corrected chi connectivity index (χ2v) is 7.10. The van der Waals surface area contributed by atoms with Crippen molar-refractivity contribution in [2.45, 2.75) is 24.8 Å². The fraction of sp³-hybridized carbons (Fsp3) is 0.294. The Hall–Kier alpha value is -1.16. The summed E-state index contributed by atoms with van der Waals surface area (Å²) in [4.78, 5) is 0.771. The van der Waals surface area contributed by atoms with Crippen molar-refractivity contribution in [1.82, 2.24) is 5.32 Å². The van der Waals surface area contributed by atoms with Crippen LogP contribution >= 0.6 is 11.6 Å². The zero-order chi connectivity index (χ0) is 15.4. The van der Waals surface area contributed by atoms with E-state index in [1.807, 2.05) is 19.2 Å². The summed E-state index contributed by atoms with van der Waals surface area (Å²) in [6.45, 7) is 4.17. The normalized spacial score (nSPS) is 13.9. The van der Waals surface area contributed by atoms with Crippen molar-refractivity contribution in [2.24, 2.45) is 0 Å². The molecule has 2 aromatic carbocycles. The molecule has 0 aliphatic carbocycles. The zero-order valence-corrected chi connectivity index (χ0v) is 14.1. The van der Waals surface area contributed by atoms with Gasteiger partial charge in [-0.3, -0.25) is 4.21 Å². The highest BCUT2D eigenvalue weighted by Crippen LogP contribution is 2.22. The van der Waals surface area contributed by atoms with Crippen molar-refractivity contribution < 1.29 is 4.21 Å². The first-order valence-electron chi connectivity index (χ1n) is 6.89. The number of rotatable bonds is 5. The van der Waals surface area contributed by atoms with Crippen LogP contribution in [0, 0.1) is 13.8 Å². The highest BCUT2D eigenvalue weighted by atomic mass is 35.5. The summed E-state index contributed by atoms with van der Waals surface area (Å²) in [6, 6.07) is 13.7. The quantitative estimate of drug-likeness (QED) is 0.901. The van der Waals surface area contributed by atoms with Gasteiger partial charge in [0.1, 0.15) is 0 Å². The van der Waals surface area contributed by atoms with E-state index in [0.717, 1.165) is 4.90 Å². The second kappa shape index (κ2) is 7.21. The van der Waals surface area contributed by atoms with E-state index < -0.39 is 10.8 Å². The Morgan fingerprint density at radius 1 is 1.19 bits per heavy atom. The Bertz CT molecular complexity index is 657. The van der Waals surface area contributed by atoms with Crippen molar-refractivity contribution >= 4 is 22.4 Å². The summed E-state index contributed by atoms with van der Waals surface area (Å²) in [6.07, 6.45) is 0. The number of aryl methyl sites for hydroxylation is 2. The molecule has 0 heterocycles. The van der Waals surface area contributed by atoms with Crippen molar-refractivity contribution in [1.29, 1.82) is 0 Å². The standard InChI is InChI=1S/C17H20ClNOS/c1-12-7-8-16(13(2)9-12)17(19-3)11-21(20)15-6-4-5-14(18)10-15/h4-10,17,19H,11H2,1-3H3. The molecule has 0 bridgehead atoms. The lowest BCUT2D eigenvalue weighted by atomic mass is 10.0. The Labute approximate surface area is 134 Å². The summed E-state index contributed by atoms with van der Waals surface area (Å²) in [5.41, 5.74) is 3.65. The molecule has 0 fully saturated rings. The summed E-state index contributed by atoms with van der Waals surface area (Å²) in [5, 5.41) is 3.89. The van der Waals surface area contributed by atoms with Gasteiger partial charge in [-0.15, -0.1) is 0 Å². The number of nitrogens with one attached hydrogen (secondary N) is 1. The molecule has 0 aliphatic rings. The monoisotopic (exact) mass is 321 g/mol. The largest absolute Gasteiger partial charge is 0.312 e. The smallest absolute Gasteiger partial charge is 0.0549 e. The lowest BCUT2D eigenvalue weighted by Gasteiger charge is -2.19. The van der Waals surface area contributed by atoms with Gasteiger partial charge < -0.3 is 5.32 Å². The fourth-order valence-electron chi connectivity index (χ4n) is 2.40. The third-order valence-corrected chi connectivity index (χ3v) is 5.18. The van der Waals surface area contributed by atoms with E-state index in [9.17, 15) is 4.21 Å². The first kappa shape index (κ1) is 16.2. The van der Waals surface area contributed by atoms with Gasteiger partial charge in [-0.1, -0.05) is 41.4 Å². The number of halogens is 1. The van der Waals surface area contributed by atoms with Crippen LogP contribution in [-0.4, -0.2) is 17.0 Å².